The number of hydrogen-bond acceptors (Lipinski definition) is 5. The maximum absolute atomic E-state index is 12.8. The summed E-state index contributed by atoms with van der Waals surface area (Å²) in [6.07, 6.45) is 0.784. The molecule has 3 rings (SSSR count). The fourth-order valence-corrected chi connectivity index (χ4v) is 3.81. The predicted octanol–water partition coefficient (Wildman–Crippen LogP) is 4.05. The molecule has 3 aromatic rings. The van der Waals surface area contributed by atoms with Crippen molar-refractivity contribution in [2.24, 2.45) is 0 Å². The molecule has 0 aliphatic heterocycles. The summed E-state index contributed by atoms with van der Waals surface area (Å²) in [5.41, 5.74) is 4.57. The van der Waals surface area contributed by atoms with E-state index in [9.17, 15) is 4.79 Å². The van der Waals surface area contributed by atoms with E-state index in [1.54, 1.807) is 25.6 Å². The fraction of sp³-hybridized carbons (Fsp3) is 0.364. The summed E-state index contributed by atoms with van der Waals surface area (Å²) in [5.74, 6) is 0.754. The van der Waals surface area contributed by atoms with Crippen LogP contribution < -0.4 is 10.1 Å². The molecule has 0 fully saturated rings. The SMILES string of the molecule is COCCCNC(=O)c1cc(-c2csc(C)n2)n(Cc2ccc(OC)cc2)c1C. The van der Waals surface area contributed by atoms with Gasteiger partial charge in [-0.1, -0.05) is 12.1 Å². The van der Waals surface area contributed by atoms with Crippen LogP contribution >= 0.6 is 11.3 Å². The van der Waals surface area contributed by atoms with Gasteiger partial charge < -0.3 is 19.4 Å². The zero-order valence-electron chi connectivity index (χ0n) is 17.3. The zero-order chi connectivity index (χ0) is 20.8. The van der Waals surface area contributed by atoms with Crippen LogP contribution in [-0.2, 0) is 11.3 Å². The Kier molecular flexibility index (Phi) is 7.06. The molecule has 0 aliphatic carbocycles. The van der Waals surface area contributed by atoms with Gasteiger partial charge in [0, 0.05) is 37.9 Å². The zero-order valence-corrected chi connectivity index (χ0v) is 18.1. The Hall–Kier alpha value is -2.64. The molecule has 29 heavy (non-hydrogen) atoms. The lowest BCUT2D eigenvalue weighted by atomic mass is 10.2. The molecule has 1 amide bonds. The second-order valence-electron chi connectivity index (χ2n) is 6.82. The molecule has 0 radical (unpaired) electrons. The molecule has 0 saturated carbocycles. The molecule has 154 valence electrons. The molecule has 0 bridgehead atoms. The molecule has 7 heteroatoms. The molecule has 0 unspecified atom stereocenters. The largest absolute Gasteiger partial charge is 0.497 e. The molecule has 0 aliphatic rings. The number of amides is 1. The number of methoxy groups -OCH3 is 2. The normalized spacial score (nSPS) is 10.9. The highest BCUT2D eigenvalue weighted by Crippen LogP contribution is 2.28. The van der Waals surface area contributed by atoms with Crippen LogP contribution in [0.5, 0.6) is 5.75 Å². The summed E-state index contributed by atoms with van der Waals surface area (Å²) in [7, 11) is 3.32. The highest BCUT2D eigenvalue weighted by Gasteiger charge is 2.20. The summed E-state index contributed by atoms with van der Waals surface area (Å²) in [6.45, 7) is 5.83. The lowest BCUT2D eigenvalue weighted by Crippen LogP contribution is -2.25. The van der Waals surface area contributed by atoms with Gasteiger partial charge in [0.15, 0.2) is 0 Å². The molecule has 0 saturated heterocycles. The van der Waals surface area contributed by atoms with Gasteiger partial charge in [0.2, 0.25) is 0 Å². The molecular weight excluding hydrogens is 386 g/mol. The first-order chi connectivity index (χ1) is 14.0. The summed E-state index contributed by atoms with van der Waals surface area (Å²) in [4.78, 5) is 17.4. The van der Waals surface area contributed by atoms with Crippen molar-refractivity contribution in [2.75, 3.05) is 27.4 Å². The van der Waals surface area contributed by atoms with Gasteiger partial charge >= 0.3 is 0 Å². The van der Waals surface area contributed by atoms with Crippen molar-refractivity contribution in [3.63, 3.8) is 0 Å². The van der Waals surface area contributed by atoms with Crippen molar-refractivity contribution in [3.8, 4) is 17.1 Å². The number of aryl methyl sites for hydroxylation is 1. The third-order valence-corrected chi connectivity index (χ3v) is 5.58. The van der Waals surface area contributed by atoms with Crippen LogP contribution in [-0.4, -0.2) is 42.8 Å². The Labute approximate surface area is 175 Å². The molecule has 6 nitrogen and oxygen atoms in total. The van der Waals surface area contributed by atoms with Crippen LogP contribution in [0.15, 0.2) is 35.7 Å². The Bertz CT molecular complexity index is 960. The van der Waals surface area contributed by atoms with E-state index >= 15 is 0 Å². The average Bonchev–Trinajstić information content (AvgIpc) is 3.29. The summed E-state index contributed by atoms with van der Waals surface area (Å²) < 4.78 is 12.5. The quantitative estimate of drug-likeness (QED) is 0.538. The predicted molar refractivity (Wildman–Crippen MR) is 116 cm³/mol. The second-order valence-corrected chi connectivity index (χ2v) is 7.88. The van der Waals surface area contributed by atoms with E-state index in [-0.39, 0.29) is 5.91 Å². The molecule has 1 aromatic carbocycles. The highest BCUT2D eigenvalue weighted by atomic mass is 32.1. The molecule has 2 heterocycles. The monoisotopic (exact) mass is 413 g/mol. The summed E-state index contributed by atoms with van der Waals surface area (Å²) in [5, 5.41) is 6.02. The maximum Gasteiger partial charge on any atom is 0.253 e. The average molecular weight is 414 g/mol. The van der Waals surface area contributed by atoms with Crippen LogP contribution in [0.2, 0.25) is 0 Å². The fourth-order valence-electron chi connectivity index (χ4n) is 3.20. The van der Waals surface area contributed by atoms with E-state index in [0.717, 1.165) is 39.8 Å². The van der Waals surface area contributed by atoms with Crippen LogP contribution in [0.1, 0.15) is 33.0 Å². The first kappa shape index (κ1) is 21.1. The Morgan fingerprint density at radius 2 is 1.97 bits per heavy atom. The molecule has 2 aromatic heterocycles. The Morgan fingerprint density at radius 1 is 1.21 bits per heavy atom. The third-order valence-electron chi connectivity index (χ3n) is 4.80. The highest BCUT2D eigenvalue weighted by molar-refractivity contribution is 7.09. The minimum Gasteiger partial charge on any atom is -0.497 e. The van der Waals surface area contributed by atoms with Gasteiger partial charge in [-0.05, 0) is 44.0 Å². The van der Waals surface area contributed by atoms with Gasteiger partial charge in [-0.25, -0.2) is 4.98 Å². The standard InChI is InChI=1S/C22H27N3O3S/c1-15-19(22(26)23-10-5-11-27-3)12-21(20-14-29-16(2)24-20)25(15)13-17-6-8-18(28-4)9-7-17/h6-9,12,14H,5,10-11,13H2,1-4H3,(H,23,26). The lowest BCUT2D eigenvalue weighted by Gasteiger charge is -2.12. The number of thiazole rings is 1. The van der Waals surface area contributed by atoms with Gasteiger partial charge in [-0.2, -0.15) is 0 Å². The topological polar surface area (TPSA) is 65.4 Å². The van der Waals surface area contributed by atoms with Crippen LogP contribution in [0.4, 0.5) is 0 Å². The molecule has 1 N–H and O–H groups in total. The van der Waals surface area contributed by atoms with Crippen molar-refractivity contribution >= 4 is 17.2 Å². The van der Waals surface area contributed by atoms with E-state index in [0.29, 0.717) is 25.3 Å². The Balaban J connectivity index is 1.91. The number of hydrogen-bond donors (Lipinski definition) is 1. The first-order valence-electron chi connectivity index (χ1n) is 9.56. The van der Waals surface area contributed by atoms with Gasteiger partial charge in [-0.15, -0.1) is 11.3 Å². The molecule has 0 spiro atoms. The minimum absolute atomic E-state index is 0.0692. The van der Waals surface area contributed by atoms with E-state index in [2.05, 4.69) is 14.9 Å². The molecule has 0 atom stereocenters. The third kappa shape index (κ3) is 5.05. The van der Waals surface area contributed by atoms with Crippen LogP contribution in [0.3, 0.4) is 0 Å². The number of ether oxygens (including phenoxy) is 2. The number of nitrogens with one attached hydrogen (secondary N) is 1. The summed E-state index contributed by atoms with van der Waals surface area (Å²) >= 11 is 1.61. The van der Waals surface area contributed by atoms with E-state index in [1.165, 1.54) is 0 Å². The van der Waals surface area contributed by atoms with Gasteiger partial charge in [0.05, 0.1) is 29.1 Å². The number of aromatic nitrogens is 2. The van der Waals surface area contributed by atoms with Crippen molar-refractivity contribution in [2.45, 2.75) is 26.8 Å². The lowest BCUT2D eigenvalue weighted by molar-refractivity contribution is 0.0948. The number of nitrogens with zero attached hydrogens (tertiary/aromatic N) is 2. The van der Waals surface area contributed by atoms with E-state index < -0.39 is 0 Å². The minimum atomic E-state index is -0.0692. The molecular formula is C22H27N3O3S. The Morgan fingerprint density at radius 3 is 2.59 bits per heavy atom. The van der Waals surface area contributed by atoms with Crippen LogP contribution in [0, 0.1) is 13.8 Å². The van der Waals surface area contributed by atoms with Gasteiger partial charge in [-0.3, -0.25) is 4.79 Å². The maximum atomic E-state index is 12.8. The summed E-state index contributed by atoms with van der Waals surface area (Å²) in [6, 6.07) is 9.92. The smallest absolute Gasteiger partial charge is 0.253 e. The van der Waals surface area contributed by atoms with Crippen LogP contribution in [0.25, 0.3) is 11.4 Å². The number of benzene rings is 1. The number of rotatable bonds is 9. The van der Waals surface area contributed by atoms with Crippen molar-refractivity contribution in [1.82, 2.24) is 14.9 Å². The second kappa shape index (κ2) is 9.71. The number of carbonyl (C=O) groups is 1. The van der Waals surface area contributed by atoms with E-state index in [4.69, 9.17) is 9.47 Å². The first-order valence-corrected chi connectivity index (χ1v) is 10.4. The van der Waals surface area contributed by atoms with Crippen molar-refractivity contribution in [3.05, 3.63) is 57.5 Å². The van der Waals surface area contributed by atoms with Crippen molar-refractivity contribution in [1.29, 1.82) is 0 Å². The van der Waals surface area contributed by atoms with Crippen molar-refractivity contribution < 1.29 is 14.3 Å². The van der Waals surface area contributed by atoms with Gasteiger partial charge in [0.25, 0.3) is 5.91 Å². The van der Waals surface area contributed by atoms with Gasteiger partial charge in [0.1, 0.15) is 5.75 Å². The number of carbonyl (C=O) groups excluding carboxylic acids is 1. The van der Waals surface area contributed by atoms with E-state index in [1.807, 2.05) is 49.6 Å².